The van der Waals surface area contributed by atoms with Gasteiger partial charge in [0.2, 0.25) is 5.91 Å². The molecule has 4 fully saturated rings. The van der Waals surface area contributed by atoms with Crippen molar-refractivity contribution in [1.82, 2.24) is 19.7 Å². The van der Waals surface area contributed by atoms with Crippen LogP contribution in [-0.2, 0) is 15.7 Å². The Morgan fingerprint density at radius 3 is 2.21 bits per heavy atom. The van der Waals surface area contributed by atoms with Crippen molar-refractivity contribution in [3.05, 3.63) is 53.6 Å². The number of aryl methyl sites for hydroxylation is 2. The second-order valence-corrected chi connectivity index (χ2v) is 14.8. The number of methoxy groups -OCH3 is 1. The van der Waals surface area contributed by atoms with Crippen LogP contribution < -0.4 is 9.64 Å². The third kappa shape index (κ3) is 5.72. The molecule has 3 aromatic rings. The molecule has 1 aromatic carbocycles. The van der Waals surface area contributed by atoms with E-state index in [9.17, 15) is 4.79 Å². The fourth-order valence-electron chi connectivity index (χ4n) is 8.14. The number of benzene rings is 1. The van der Waals surface area contributed by atoms with E-state index in [1.807, 2.05) is 22.0 Å². The number of fused-ring (bicyclic) bond motifs is 3. The molecule has 2 bridgehead atoms. The summed E-state index contributed by atoms with van der Waals surface area (Å²) in [6, 6.07) is 4.73. The van der Waals surface area contributed by atoms with E-state index in [4.69, 9.17) is 9.72 Å². The van der Waals surface area contributed by atoms with Gasteiger partial charge in [0.1, 0.15) is 5.75 Å². The van der Waals surface area contributed by atoms with Crippen LogP contribution in [0.15, 0.2) is 36.9 Å². The molecule has 43 heavy (non-hydrogen) atoms. The lowest BCUT2D eigenvalue weighted by Gasteiger charge is -2.55. The van der Waals surface area contributed by atoms with Crippen LogP contribution in [-0.4, -0.2) is 39.3 Å². The van der Waals surface area contributed by atoms with Crippen molar-refractivity contribution in [2.45, 2.75) is 116 Å². The lowest BCUT2D eigenvalue weighted by Crippen LogP contribution is -2.52. The maximum Gasteiger partial charge on any atom is 0.231 e. The van der Waals surface area contributed by atoms with Gasteiger partial charge in [0.15, 0.2) is 5.82 Å². The van der Waals surface area contributed by atoms with Crippen LogP contribution in [0.25, 0.3) is 11.3 Å². The number of hydrogen-bond donors (Lipinski definition) is 0. The Hall–Kier alpha value is -3.22. The zero-order chi connectivity index (χ0) is 30.4. The van der Waals surface area contributed by atoms with Crippen molar-refractivity contribution in [2.24, 2.45) is 11.3 Å². The third-order valence-electron chi connectivity index (χ3n) is 10.9. The quantitative estimate of drug-likeness (QED) is 0.282. The Bertz CT molecular complexity index is 1430. The number of nitrogens with zero attached hydrogens (tertiary/aromatic N) is 5. The summed E-state index contributed by atoms with van der Waals surface area (Å²) in [6.07, 6.45) is 19.9. The first kappa shape index (κ1) is 29.8. The maximum atomic E-state index is 14.3. The summed E-state index contributed by atoms with van der Waals surface area (Å²) in [5, 5.41) is 4.58. The lowest BCUT2D eigenvalue weighted by molar-refractivity contribution is -0.124. The standard InChI is InChI=1S/C36H49N5O2/c1-25-18-29(19-26(2)32(25)43-6)36-15-12-35(13-16-36,14-17-36)24-40(33(42)27-10-8-7-9-11-27)31-22-37-21-30(39-31)28-20-38-41(23-28)34(3,4)5/h18-23,27H,7-17,24H2,1-6H3. The van der Waals surface area contributed by atoms with Crippen molar-refractivity contribution in [3.63, 3.8) is 0 Å². The topological polar surface area (TPSA) is 73.1 Å². The molecule has 4 saturated carbocycles. The van der Waals surface area contributed by atoms with E-state index in [1.54, 1.807) is 19.5 Å². The van der Waals surface area contributed by atoms with E-state index >= 15 is 0 Å². The summed E-state index contributed by atoms with van der Waals surface area (Å²) in [7, 11) is 1.77. The number of rotatable bonds is 7. The Balaban J connectivity index is 1.27. The lowest BCUT2D eigenvalue weighted by atomic mass is 9.51. The molecule has 1 amide bonds. The van der Waals surface area contributed by atoms with Gasteiger partial charge in [-0.25, -0.2) is 4.98 Å². The number of hydrogen-bond acceptors (Lipinski definition) is 5. The second-order valence-electron chi connectivity index (χ2n) is 14.8. The van der Waals surface area contributed by atoms with Gasteiger partial charge in [0, 0.05) is 24.2 Å². The minimum absolute atomic E-state index is 0.0794. The predicted molar refractivity (Wildman–Crippen MR) is 171 cm³/mol. The molecule has 7 heteroatoms. The molecule has 4 aliphatic rings. The van der Waals surface area contributed by atoms with Crippen molar-refractivity contribution in [1.29, 1.82) is 0 Å². The molecule has 0 atom stereocenters. The van der Waals surface area contributed by atoms with E-state index < -0.39 is 0 Å². The highest BCUT2D eigenvalue weighted by molar-refractivity contribution is 5.94. The molecule has 230 valence electrons. The number of anilines is 1. The smallest absolute Gasteiger partial charge is 0.231 e. The molecular formula is C36H49N5O2. The second kappa shape index (κ2) is 11.4. The highest BCUT2D eigenvalue weighted by Gasteiger charge is 2.51. The van der Waals surface area contributed by atoms with Crippen LogP contribution in [0.3, 0.4) is 0 Å². The highest BCUT2D eigenvalue weighted by atomic mass is 16.5. The number of ether oxygens (including phenoxy) is 1. The van der Waals surface area contributed by atoms with Gasteiger partial charge in [0.05, 0.1) is 36.9 Å². The number of aromatic nitrogens is 4. The minimum atomic E-state index is -0.119. The Kier molecular flexibility index (Phi) is 7.89. The number of carbonyl (C=O) groups excluding carboxylic acids is 1. The first-order valence-electron chi connectivity index (χ1n) is 16.4. The molecule has 0 radical (unpaired) electrons. The van der Waals surface area contributed by atoms with Crippen LogP contribution in [0.5, 0.6) is 5.75 Å². The SMILES string of the molecule is COc1c(C)cc(C23CCC(CN(C(=O)C4CCCCC4)c4cncc(-c5cnn(C(C)(C)C)c5)n4)(CC2)CC3)cc1C. The van der Waals surface area contributed by atoms with Crippen LogP contribution in [0, 0.1) is 25.2 Å². The van der Waals surface area contributed by atoms with Crippen molar-refractivity contribution in [2.75, 3.05) is 18.6 Å². The fraction of sp³-hybridized carbons (Fsp3) is 0.611. The van der Waals surface area contributed by atoms with Gasteiger partial charge >= 0.3 is 0 Å². The molecule has 7 nitrogen and oxygen atoms in total. The normalized spacial score (nSPS) is 24.2. The van der Waals surface area contributed by atoms with Crippen LogP contribution in [0.1, 0.15) is 108 Å². The Morgan fingerprint density at radius 2 is 1.63 bits per heavy atom. The molecule has 4 aliphatic carbocycles. The average Bonchev–Trinajstić information content (AvgIpc) is 3.53. The molecule has 0 spiro atoms. The van der Waals surface area contributed by atoms with Crippen LogP contribution >= 0.6 is 0 Å². The maximum absolute atomic E-state index is 14.3. The first-order chi connectivity index (χ1) is 20.5. The monoisotopic (exact) mass is 583 g/mol. The molecule has 0 N–H and O–H groups in total. The summed E-state index contributed by atoms with van der Waals surface area (Å²) in [5.41, 5.74) is 5.86. The fourth-order valence-corrected chi connectivity index (χ4v) is 8.14. The zero-order valence-corrected chi connectivity index (χ0v) is 27.1. The number of carbonyl (C=O) groups is 1. The van der Waals surface area contributed by atoms with Gasteiger partial charge in [-0.3, -0.25) is 19.4 Å². The van der Waals surface area contributed by atoms with Gasteiger partial charge in [-0.2, -0.15) is 5.10 Å². The molecule has 2 aromatic heterocycles. The molecule has 0 saturated heterocycles. The van der Waals surface area contributed by atoms with Gasteiger partial charge in [0.25, 0.3) is 0 Å². The molecule has 0 unspecified atom stereocenters. The first-order valence-corrected chi connectivity index (χ1v) is 16.4. The van der Waals surface area contributed by atoms with Crippen LogP contribution in [0.2, 0.25) is 0 Å². The predicted octanol–water partition coefficient (Wildman–Crippen LogP) is 7.93. The third-order valence-corrected chi connectivity index (χ3v) is 10.9. The summed E-state index contributed by atoms with van der Waals surface area (Å²) in [6.45, 7) is 11.5. The van der Waals surface area contributed by atoms with Gasteiger partial charge in [-0.05, 0) is 114 Å². The van der Waals surface area contributed by atoms with Crippen molar-refractivity contribution >= 4 is 11.7 Å². The summed E-state index contributed by atoms with van der Waals surface area (Å²) < 4.78 is 7.63. The average molecular weight is 584 g/mol. The van der Waals surface area contributed by atoms with Gasteiger partial charge < -0.3 is 4.74 Å². The molecular weight excluding hydrogens is 534 g/mol. The van der Waals surface area contributed by atoms with E-state index in [1.165, 1.54) is 42.4 Å². The summed E-state index contributed by atoms with van der Waals surface area (Å²) in [5.74, 6) is 2.02. The zero-order valence-electron chi connectivity index (χ0n) is 27.1. The molecule has 7 rings (SSSR count). The van der Waals surface area contributed by atoms with E-state index in [0.717, 1.165) is 68.5 Å². The van der Waals surface area contributed by atoms with Gasteiger partial charge in [-0.1, -0.05) is 31.4 Å². The van der Waals surface area contributed by atoms with Crippen molar-refractivity contribution in [3.8, 4) is 17.0 Å². The molecule has 0 aliphatic heterocycles. The summed E-state index contributed by atoms with van der Waals surface area (Å²) in [4.78, 5) is 26.0. The Labute approximate surface area is 257 Å². The summed E-state index contributed by atoms with van der Waals surface area (Å²) >= 11 is 0. The number of amides is 1. The largest absolute Gasteiger partial charge is 0.496 e. The van der Waals surface area contributed by atoms with Crippen LogP contribution in [0.4, 0.5) is 5.82 Å². The minimum Gasteiger partial charge on any atom is -0.496 e. The van der Waals surface area contributed by atoms with E-state index in [2.05, 4.69) is 56.8 Å². The highest BCUT2D eigenvalue weighted by Crippen LogP contribution is 2.58. The van der Waals surface area contributed by atoms with E-state index in [-0.39, 0.29) is 28.2 Å². The van der Waals surface area contributed by atoms with E-state index in [0.29, 0.717) is 5.82 Å². The van der Waals surface area contributed by atoms with Gasteiger partial charge in [-0.15, -0.1) is 0 Å². The molecule has 2 heterocycles. The Morgan fingerprint density at radius 1 is 0.977 bits per heavy atom. The van der Waals surface area contributed by atoms with Crippen molar-refractivity contribution < 1.29 is 9.53 Å².